The van der Waals surface area contributed by atoms with E-state index in [1.807, 2.05) is 19.9 Å². The summed E-state index contributed by atoms with van der Waals surface area (Å²) >= 11 is 0. The average Bonchev–Trinajstić information content (AvgIpc) is 2.93. The van der Waals surface area contributed by atoms with Gasteiger partial charge in [0.05, 0.1) is 6.61 Å². The monoisotopic (exact) mass is 542 g/mol. The topological polar surface area (TPSA) is 96.9 Å². The molecule has 0 radical (unpaired) electrons. The molecule has 1 aliphatic rings. The molecule has 7 nitrogen and oxygen atoms in total. The summed E-state index contributed by atoms with van der Waals surface area (Å²) < 4.78 is 11.0. The third-order valence-electron chi connectivity index (χ3n) is 8.09. The standard InChI is InChI=1S/C33H38N2O5/c1-8-39-32(38)31(37)35-25-15-19(2)30(20(3)16-25)40-26-13-14-29(36)24(17-26)18-34-33(7)23(6)21(4)22(5)27-11-9-10-12-28(27)33/h9-17,23,34,36H,8,18H2,1-7H3,(H,35,37). The fraction of sp³-hybridized carbons (Fsp3) is 0.333. The number of fused-ring (bicyclic) bond motifs is 1. The van der Waals surface area contributed by atoms with Crippen LogP contribution in [0.1, 0.15) is 62.4 Å². The van der Waals surface area contributed by atoms with Crippen LogP contribution in [0.25, 0.3) is 5.57 Å². The largest absolute Gasteiger partial charge is 0.508 e. The molecule has 7 heteroatoms. The van der Waals surface area contributed by atoms with Crippen molar-refractivity contribution < 1.29 is 24.2 Å². The molecule has 0 fully saturated rings. The van der Waals surface area contributed by atoms with E-state index in [-0.39, 0.29) is 23.8 Å². The highest BCUT2D eigenvalue weighted by atomic mass is 16.5. The minimum atomic E-state index is -0.926. The second-order valence-corrected chi connectivity index (χ2v) is 10.6. The number of rotatable bonds is 7. The zero-order chi connectivity index (χ0) is 29.2. The third kappa shape index (κ3) is 5.61. The maximum atomic E-state index is 12.0. The number of amides is 1. The first-order valence-electron chi connectivity index (χ1n) is 13.6. The first-order chi connectivity index (χ1) is 19.0. The van der Waals surface area contributed by atoms with E-state index in [9.17, 15) is 14.7 Å². The molecule has 3 N–H and O–H groups in total. The van der Waals surface area contributed by atoms with Crippen LogP contribution in [-0.4, -0.2) is 23.6 Å². The van der Waals surface area contributed by atoms with Gasteiger partial charge in [-0.25, -0.2) is 4.79 Å². The van der Waals surface area contributed by atoms with Gasteiger partial charge < -0.3 is 25.2 Å². The van der Waals surface area contributed by atoms with Crippen LogP contribution in [-0.2, 0) is 26.4 Å². The lowest BCUT2D eigenvalue weighted by Gasteiger charge is -2.43. The van der Waals surface area contributed by atoms with Crippen molar-refractivity contribution in [3.63, 3.8) is 0 Å². The van der Waals surface area contributed by atoms with Crippen LogP contribution in [0, 0.1) is 19.8 Å². The Balaban J connectivity index is 1.54. The number of hydrogen-bond donors (Lipinski definition) is 3. The fourth-order valence-electron chi connectivity index (χ4n) is 5.44. The maximum Gasteiger partial charge on any atom is 0.397 e. The Morgan fingerprint density at radius 2 is 1.68 bits per heavy atom. The third-order valence-corrected chi connectivity index (χ3v) is 8.09. The van der Waals surface area contributed by atoms with Gasteiger partial charge in [0, 0.05) is 23.3 Å². The SMILES string of the molecule is CCOC(=O)C(=O)Nc1cc(C)c(Oc2ccc(O)c(CNC3(C)c4ccccc4C(C)=C(C)C3C)c2)c(C)c1. The van der Waals surface area contributed by atoms with Crippen molar-refractivity contribution in [2.75, 3.05) is 11.9 Å². The van der Waals surface area contributed by atoms with Crippen LogP contribution in [0.5, 0.6) is 17.2 Å². The van der Waals surface area contributed by atoms with Crippen LogP contribution in [0.4, 0.5) is 5.69 Å². The molecule has 40 heavy (non-hydrogen) atoms. The van der Waals surface area contributed by atoms with E-state index in [2.05, 4.69) is 62.6 Å². The van der Waals surface area contributed by atoms with Gasteiger partial charge in [0.2, 0.25) is 0 Å². The summed E-state index contributed by atoms with van der Waals surface area (Å²) in [5, 5.41) is 17.0. The molecule has 0 saturated heterocycles. The second kappa shape index (κ2) is 11.6. The molecule has 0 saturated carbocycles. The molecule has 2 unspecified atom stereocenters. The number of phenols is 1. The normalized spacial score (nSPS) is 18.2. The first kappa shape index (κ1) is 28.9. The predicted octanol–water partition coefficient (Wildman–Crippen LogP) is 6.75. The molecular weight excluding hydrogens is 504 g/mol. The number of hydrogen-bond acceptors (Lipinski definition) is 6. The Morgan fingerprint density at radius 1 is 1.00 bits per heavy atom. The number of anilines is 1. The molecule has 2 atom stereocenters. The highest BCUT2D eigenvalue weighted by molar-refractivity contribution is 6.37. The summed E-state index contributed by atoms with van der Waals surface area (Å²) in [5.74, 6) is -0.0830. The van der Waals surface area contributed by atoms with Crippen molar-refractivity contribution in [3.8, 4) is 17.2 Å². The van der Waals surface area contributed by atoms with E-state index in [0.717, 1.165) is 16.7 Å². The Labute approximate surface area is 236 Å². The number of aromatic hydroxyl groups is 1. The Morgan fingerprint density at radius 3 is 2.35 bits per heavy atom. The van der Waals surface area contributed by atoms with Crippen LogP contribution in [0.2, 0.25) is 0 Å². The van der Waals surface area contributed by atoms with Gasteiger partial charge >= 0.3 is 11.9 Å². The van der Waals surface area contributed by atoms with Crippen molar-refractivity contribution >= 4 is 23.1 Å². The van der Waals surface area contributed by atoms with E-state index in [0.29, 0.717) is 23.7 Å². The summed E-state index contributed by atoms with van der Waals surface area (Å²) in [5.41, 5.74) is 7.61. The van der Waals surface area contributed by atoms with Gasteiger partial charge in [-0.3, -0.25) is 4.79 Å². The molecule has 0 heterocycles. The lowest BCUT2D eigenvalue weighted by atomic mass is 9.68. The lowest BCUT2D eigenvalue weighted by Crippen LogP contribution is -2.47. The quantitative estimate of drug-likeness (QED) is 0.226. The van der Waals surface area contributed by atoms with Gasteiger partial charge in [0.15, 0.2) is 0 Å². The number of carbonyl (C=O) groups excluding carboxylic acids is 2. The smallest absolute Gasteiger partial charge is 0.397 e. The molecule has 1 amide bonds. The van der Waals surface area contributed by atoms with Gasteiger partial charge in [0.1, 0.15) is 17.2 Å². The summed E-state index contributed by atoms with van der Waals surface area (Å²) in [6.45, 7) is 14.8. The Kier molecular flexibility index (Phi) is 8.35. The average molecular weight is 543 g/mol. The number of allylic oxidation sites excluding steroid dienone is 1. The molecule has 1 aliphatic carbocycles. The number of nitrogens with one attached hydrogen (secondary N) is 2. The molecule has 0 bridgehead atoms. The van der Waals surface area contributed by atoms with Gasteiger partial charge in [-0.1, -0.05) is 36.8 Å². The number of benzene rings is 3. The molecular formula is C33H38N2O5. The van der Waals surface area contributed by atoms with E-state index in [1.165, 1.54) is 22.3 Å². The summed E-state index contributed by atoms with van der Waals surface area (Å²) in [4.78, 5) is 23.7. The fourth-order valence-corrected chi connectivity index (χ4v) is 5.44. The van der Waals surface area contributed by atoms with Crippen molar-refractivity contribution in [3.05, 3.63) is 88.0 Å². The van der Waals surface area contributed by atoms with Crippen LogP contribution >= 0.6 is 0 Å². The molecule has 0 aliphatic heterocycles. The Bertz CT molecular complexity index is 1470. The van der Waals surface area contributed by atoms with Crippen molar-refractivity contribution in [2.45, 2.75) is 60.5 Å². The molecule has 0 spiro atoms. The Hall–Kier alpha value is -4.10. The van der Waals surface area contributed by atoms with Gasteiger partial charge in [-0.2, -0.15) is 0 Å². The first-order valence-corrected chi connectivity index (χ1v) is 13.6. The van der Waals surface area contributed by atoms with E-state index < -0.39 is 11.9 Å². The van der Waals surface area contributed by atoms with Crippen molar-refractivity contribution in [1.82, 2.24) is 5.32 Å². The van der Waals surface area contributed by atoms with Crippen LogP contribution in [0.3, 0.4) is 0 Å². The van der Waals surface area contributed by atoms with Gasteiger partial charge in [0.25, 0.3) is 0 Å². The second-order valence-electron chi connectivity index (χ2n) is 10.6. The molecule has 4 rings (SSSR count). The minimum Gasteiger partial charge on any atom is -0.508 e. The lowest BCUT2D eigenvalue weighted by molar-refractivity contribution is -0.152. The number of phenolic OH excluding ortho intramolecular Hbond substituents is 1. The molecule has 210 valence electrons. The highest BCUT2D eigenvalue weighted by Gasteiger charge is 2.39. The van der Waals surface area contributed by atoms with Crippen LogP contribution < -0.4 is 15.4 Å². The van der Waals surface area contributed by atoms with Gasteiger partial charge in [-0.15, -0.1) is 0 Å². The van der Waals surface area contributed by atoms with Crippen molar-refractivity contribution in [1.29, 1.82) is 0 Å². The predicted molar refractivity (Wildman–Crippen MR) is 157 cm³/mol. The summed E-state index contributed by atoms with van der Waals surface area (Å²) in [7, 11) is 0. The number of esters is 1. The van der Waals surface area contributed by atoms with E-state index in [4.69, 9.17) is 9.47 Å². The minimum absolute atomic E-state index is 0.128. The van der Waals surface area contributed by atoms with Crippen molar-refractivity contribution in [2.24, 2.45) is 5.92 Å². The number of aryl methyl sites for hydroxylation is 2. The number of ether oxygens (including phenoxy) is 2. The summed E-state index contributed by atoms with van der Waals surface area (Å²) in [6, 6.07) is 17.2. The van der Waals surface area contributed by atoms with Gasteiger partial charge in [-0.05, 0) is 106 Å². The number of carbonyl (C=O) groups is 2. The zero-order valence-electron chi connectivity index (χ0n) is 24.3. The summed E-state index contributed by atoms with van der Waals surface area (Å²) in [6.07, 6.45) is 0. The van der Waals surface area contributed by atoms with E-state index >= 15 is 0 Å². The van der Waals surface area contributed by atoms with E-state index in [1.54, 1.807) is 31.2 Å². The maximum absolute atomic E-state index is 12.0. The molecule has 3 aromatic carbocycles. The molecule has 3 aromatic rings. The zero-order valence-corrected chi connectivity index (χ0v) is 24.3. The highest BCUT2D eigenvalue weighted by Crippen LogP contribution is 2.45. The van der Waals surface area contributed by atoms with Crippen LogP contribution in [0.15, 0.2) is 60.2 Å². The molecule has 0 aromatic heterocycles.